The van der Waals surface area contributed by atoms with Gasteiger partial charge in [0.1, 0.15) is 18.0 Å². The Balaban J connectivity index is 1.47. The highest BCUT2D eigenvalue weighted by molar-refractivity contribution is 5.75. The van der Waals surface area contributed by atoms with Crippen LogP contribution in [0, 0.1) is 24.7 Å². The number of ether oxygens (including phenoxy) is 3. The molecular weight excluding hydrogens is 460 g/mol. The van der Waals surface area contributed by atoms with Gasteiger partial charge in [0.25, 0.3) is 0 Å². The summed E-state index contributed by atoms with van der Waals surface area (Å²) in [5.41, 5.74) is 2.08. The van der Waals surface area contributed by atoms with Gasteiger partial charge in [0, 0.05) is 18.8 Å². The number of cyclic esters (lactones) is 1. The summed E-state index contributed by atoms with van der Waals surface area (Å²) in [4.78, 5) is 25.0. The Hall–Kier alpha value is -2.64. The minimum atomic E-state index is -0.739. The van der Waals surface area contributed by atoms with E-state index in [4.69, 9.17) is 14.2 Å². The highest BCUT2D eigenvalue weighted by Gasteiger charge is 2.43. The number of benzene rings is 1. The van der Waals surface area contributed by atoms with Crippen molar-refractivity contribution in [2.24, 2.45) is 17.8 Å². The number of aliphatic hydroxyl groups is 2. The van der Waals surface area contributed by atoms with Gasteiger partial charge < -0.3 is 24.4 Å². The van der Waals surface area contributed by atoms with Gasteiger partial charge in [0.15, 0.2) is 6.10 Å². The fraction of sp³-hybridized carbons (Fsp3) is 0.586. The van der Waals surface area contributed by atoms with Crippen LogP contribution in [0.1, 0.15) is 57.9 Å². The molecule has 1 heterocycles. The maximum atomic E-state index is 13.2. The summed E-state index contributed by atoms with van der Waals surface area (Å²) in [6.45, 7) is 6.01. The molecule has 1 fully saturated rings. The highest BCUT2D eigenvalue weighted by Crippen LogP contribution is 2.44. The monoisotopic (exact) mass is 498 g/mol. The van der Waals surface area contributed by atoms with Crippen LogP contribution in [-0.4, -0.2) is 52.7 Å². The van der Waals surface area contributed by atoms with E-state index < -0.39 is 30.4 Å². The summed E-state index contributed by atoms with van der Waals surface area (Å²) in [6, 6.07) is 7.56. The first-order chi connectivity index (χ1) is 17.2. The molecule has 0 amide bonds. The van der Waals surface area contributed by atoms with Gasteiger partial charge in [-0.05, 0) is 55.7 Å². The molecular formula is C29H38O7. The van der Waals surface area contributed by atoms with Crippen LogP contribution in [0.2, 0.25) is 0 Å². The van der Waals surface area contributed by atoms with Crippen molar-refractivity contribution in [2.75, 3.05) is 0 Å². The maximum absolute atomic E-state index is 13.2. The molecule has 7 nitrogen and oxygen atoms in total. The van der Waals surface area contributed by atoms with Gasteiger partial charge in [0.05, 0.1) is 18.6 Å². The molecule has 0 bridgehead atoms. The summed E-state index contributed by atoms with van der Waals surface area (Å²) in [5.74, 6) is 0.119. The number of carbonyl (C=O) groups is 2. The smallest absolute Gasteiger partial charge is 0.347 e. The fourth-order valence-electron chi connectivity index (χ4n) is 5.71. The molecule has 0 spiro atoms. The molecule has 0 radical (unpaired) electrons. The van der Waals surface area contributed by atoms with E-state index in [1.165, 1.54) is 0 Å². The van der Waals surface area contributed by atoms with Crippen molar-refractivity contribution in [2.45, 2.75) is 89.8 Å². The van der Waals surface area contributed by atoms with E-state index in [1.807, 2.05) is 50.3 Å². The van der Waals surface area contributed by atoms with E-state index in [9.17, 15) is 19.8 Å². The first kappa shape index (κ1) is 26.4. The third-order valence-electron chi connectivity index (χ3n) is 7.63. The van der Waals surface area contributed by atoms with Gasteiger partial charge in [-0.25, -0.2) is 4.79 Å². The summed E-state index contributed by atoms with van der Waals surface area (Å²) < 4.78 is 17.5. The molecule has 8 atom stereocenters. The van der Waals surface area contributed by atoms with Crippen molar-refractivity contribution in [3.63, 3.8) is 0 Å². The van der Waals surface area contributed by atoms with Gasteiger partial charge in [-0.1, -0.05) is 49.8 Å². The molecule has 2 N–H and O–H groups in total. The summed E-state index contributed by atoms with van der Waals surface area (Å²) in [7, 11) is 0. The summed E-state index contributed by atoms with van der Waals surface area (Å²) in [5, 5.41) is 20.5. The molecule has 1 aliphatic heterocycles. The Morgan fingerprint density at radius 3 is 2.61 bits per heavy atom. The zero-order valence-electron chi connectivity index (χ0n) is 21.3. The molecule has 7 heteroatoms. The number of fused-ring (bicyclic) bond motifs is 1. The quantitative estimate of drug-likeness (QED) is 0.522. The van der Waals surface area contributed by atoms with E-state index >= 15 is 0 Å². The number of hydrogen-bond acceptors (Lipinski definition) is 7. The lowest BCUT2D eigenvalue weighted by molar-refractivity contribution is -0.165. The lowest BCUT2D eigenvalue weighted by atomic mass is 9.66. The molecule has 0 aromatic heterocycles. The average Bonchev–Trinajstić information content (AvgIpc) is 2.82. The fourth-order valence-corrected chi connectivity index (χ4v) is 5.71. The van der Waals surface area contributed by atoms with Crippen molar-refractivity contribution >= 4 is 11.9 Å². The predicted octanol–water partition coefficient (Wildman–Crippen LogP) is 4.04. The van der Waals surface area contributed by atoms with Crippen molar-refractivity contribution < 1.29 is 34.0 Å². The molecule has 4 rings (SSSR count). The Bertz CT molecular complexity index is 982. The van der Waals surface area contributed by atoms with Gasteiger partial charge in [-0.2, -0.15) is 0 Å². The third-order valence-corrected chi connectivity index (χ3v) is 7.63. The average molecular weight is 499 g/mol. The van der Waals surface area contributed by atoms with Gasteiger partial charge >= 0.3 is 11.9 Å². The zero-order valence-corrected chi connectivity index (χ0v) is 21.3. The standard InChI is InChI=1S/C29H38O7/c1-4-25(34-22-9-5-17(2)6-10-22)29(33)36-26-15-20(30)13-19-8-7-18(3)24(28(19)26)12-11-23-14-21(31)16-27(32)35-23/h5-10,13,18,20-21,23-26,28,30-31H,4,11-12,14-16H2,1-3H3/t18?,20?,21-,23-,24?,25+,26?,28?/m1/s1. The zero-order chi connectivity index (χ0) is 25.8. The Kier molecular flexibility index (Phi) is 8.52. The van der Waals surface area contributed by atoms with Crippen LogP contribution in [0.25, 0.3) is 0 Å². The van der Waals surface area contributed by atoms with Crippen LogP contribution in [0.15, 0.2) is 48.1 Å². The summed E-state index contributed by atoms with van der Waals surface area (Å²) >= 11 is 0. The van der Waals surface area contributed by atoms with E-state index in [1.54, 1.807) is 0 Å². The first-order valence-corrected chi connectivity index (χ1v) is 13.1. The lowest BCUT2D eigenvalue weighted by Crippen LogP contribution is -2.44. The van der Waals surface area contributed by atoms with Gasteiger partial charge in [0.2, 0.25) is 0 Å². The molecule has 1 saturated heterocycles. The Morgan fingerprint density at radius 1 is 1.17 bits per heavy atom. The van der Waals surface area contributed by atoms with Crippen LogP contribution in [0.3, 0.4) is 0 Å². The molecule has 36 heavy (non-hydrogen) atoms. The minimum Gasteiger partial charge on any atom is -0.479 e. The predicted molar refractivity (Wildman–Crippen MR) is 134 cm³/mol. The minimum absolute atomic E-state index is 0.0494. The molecule has 3 aliphatic rings. The normalized spacial score (nSPS) is 32.6. The number of aryl methyl sites for hydroxylation is 1. The van der Waals surface area contributed by atoms with E-state index in [0.29, 0.717) is 31.4 Å². The molecule has 2 aliphatic carbocycles. The van der Waals surface area contributed by atoms with Crippen molar-refractivity contribution in [3.05, 3.63) is 53.6 Å². The maximum Gasteiger partial charge on any atom is 0.347 e. The second kappa shape index (κ2) is 11.6. The number of esters is 2. The Morgan fingerprint density at radius 2 is 1.92 bits per heavy atom. The number of allylic oxidation sites excluding steroid dienone is 2. The first-order valence-electron chi connectivity index (χ1n) is 13.1. The SMILES string of the molecule is CC[C@H](Oc1ccc(C)cc1)C(=O)OC1CC(O)C=C2C=CC(C)C(CC[C@@H]3C[C@@H](O)CC(=O)O3)C21. The largest absolute Gasteiger partial charge is 0.479 e. The van der Waals surface area contributed by atoms with Crippen molar-refractivity contribution in [3.8, 4) is 5.75 Å². The van der Waals surface area contributed by atoms with Crippen LogP contribution in [0.4, 0.5) is 0 Å². The number of aliphatic hydroxyl groups excluding tert-OH is 2. The molecule has 0 saturated carbocycles. The Labute approximate surface area is 213 Å². The number of rotatable bonds is 8. The van der Waals surface area contributed by atoms with E-state index in [0.717, 1.165) is 17.6 Å². The van der Waals surface area contributed by atoms with Crippen LogP contribution in [0.5, 0.6) is 5.75 Å². The topological polar surface area (TPSA) is 102 Å². The van der Waals surface area contributed by atoms with Crippen molar-refractivity contribution in [1.29, 1.82) is 0 Å². The van der Waals surface area contributed by atoms with Crippen LogP contribution >= 0.6 is 0 Å². The lowest BCUT2D eigenvalue weighted by Gasteiger charge is -2.43. The van der Waals surface area contributed by atoms with E-state index in [2.05, 4.69) is 13.0 Å². The number of hydrogen-bond donors (Lipinski definition) is 2. The molecule has 1 aromatic rings. The highest BCUT2D eigenvalue weighted by atomic mass is 16.6. The van der Waals surface area contributed by atoms with Crippen molar-refractivity contribution in [1.82, 2.24) is 0 Å². The van der Waals surface area contributed by atoms with Crippen LogP contribution in [-0.2, 0) is 19.1 Å². The molecule has 5 unspecified atom stereocenters. The van der Waals surface area contributed by atoms with Crippen LogP contribution < -0.4 is 4.74 Å². The third kappa shape index (κ3) is 6.37. The summed E-state index contributed by atoms with van der Waals surface area (Å²) in [6.07, 6.45) is 5.79. The van der Waals surface area contributed by atoms with Gasteiger partial charge in [-0.3, -0.25) is 4.79 Å². The second-order valence-corrected chi connectivity index (χ2v) is 10.5. The molecule has 196 valence electrons. The number of carbonyl (C=O) groups excluding carboxylic acids is 2. The van der Waals surface area contributed by atoms with Gasteiger partial charge in [-0.15, -0.1) is 0 Å². The van der Waals surface area contributed by atoms with E-state index in [-0.39, 0.29) is 36.2 Å². The molecule has 1 aromatic carbocycles. The second-order valence-electron chi connectivity index (χ2n) is 10.5.